The van der Waals surface area contributed by atoms with Gasteiger partial charge in [0.2, 0.25) is 5.91 Å². The van der Waals surface area contributed by atoms with Gasteiger partial charge in [-0.3, -0.25) is 4.79 Å². The Bertz CT molecular complexity index is 600. The van der Waals surface area contributed by atoms with E-state index in [2.05, 4.69) is 10.3 Å². The molecule has 1 aromatic heterocycles. The number of nitrogens with zero attached hydrogens (tertiary/aromatic N) is 1. The number of aryl methyl sites for hydroxylation is 3. The van der Waals surface area contributed by atoms with Gasteiger partial charge in [-0.2, -0.15) is 0 Å². The molecule has 2 aromatic rings. The number of halogens is 1. The maximum absolute atomic E-state index is 11.9. The summed E-state index contributed by atoms with van der Waals surface area (Å²) in [6.45, 7) is 0. The fraction of sp³-hybridized carbons (Fsp3) is 0.333. The first kappa shape index (κ1) is 13.6. The highest BCUT2D eigenvalue weighted by atomic mass is 35.5. The van der Waals surface area contributed by atoms with Crippen LogP contribution in [0.15, 0.2) is 24.3 Å². The number of benzene rings is 1. The molecule has 0 bridgehead atoms. The Hall–Kier alpha value is -1.39. The van der Waals surface area contributed by atoms with E-state index in [0.29, 0.717) is 12.8 Å². The van der Waals surface area contributed by atoms with E-state index >= 15 is 0 Å². The molecule has 3 nitrogen and oxygen atoms in total. The van der Waals surface area contributed by atoms with Crippen LogP contribution >= 0.6 is 22.9 Å². The van der Waals surface area contributed by atoms with Crippen LogP contribution in [0.5, 0.6) is 0 Å². The zero-order chi connectivity index (χ0) is 13.9. The molecule has 0 fully saturated rings. The lowest BCUT2D eigenvalue weighted by Crippen LogP contribution is -2.12. The average Bonchev–Trinajstić information content (AvgIpc) is 2.99. The molecule has 0 spiro atoms. The van der Waals surface area contributed by atoms with Gasteiger partial charge >= 0.3 is 0 Å². The number of anilines is 1. The molecular formula is C15H15ClN2OS. The number of thiazole rings is 1. The first-order valence-electron chi connectivity index (χ1n) is 6.73. The molecule has 3 rings (SSSR count). The molecule has 20 heavy (non-hydrogen) atoms. The second-order valence-corrected chi connectivity index (χ2v) is 6.44. The van der Waals surface area contributed by atoms with Gasteiger partial charge in [0.05, 0.1) is 5.69 Å². The van der Waals surface area contributed by atoms with Crippen molar-refractivity contribution < 1.29 is 4.79 Å². The van der Waals surface area contributed by atoms with Crippen molar-refractivity contribution >= 4 is 34.0 Å². The maximum Gasteiger partial charge on any atom is 0.226 e. The van der Waals surface area contributed by atoms with E-state index in [1.165, 1.54) is 17.0 Å². The van der Waals surface area contributed by atoms with Gasteiger partial charge in [-0.05, 0) is 43.4 Å². The minimum absolute atomic E-state index is 0.0207. The second-order valence-electron chi connectivity index (χ2n) is 4.92. The molecule has 0 aliphatic heterocycles. The predicted octanol–water partition coefficient (Wildman–Crippen LogP) is 3.86. The van der Waals surface area contributed by atoms with E-state index in [9.17, 15) is 4.79 Å². The summed E-state index contributed by atoms with van der Waals surface area (Å²) in [5.41, 5.74) is 2.29. The number of fused-ring (bicyclic) bond motifs is 1. The molecule has 0 saturated heterocycles. The Morgan fingerprint density at radius 2 is 2.10 bits per heavy atom. The molecule has 5 heteroatoms. The van der Waals surface area contributed by atoms with Gasteiger partial charge in [-0.1, -0.05) is 23.7 Å². The Balaban J connectivity index is 1.53. The normalized spacial score (nSPS) is 13.2. The Morgan fingerprint density at radius 1 is 1.30 bits per heavy atom. The minimum Gasteiger partial charge on any atom is -0.302 e. The summed E-state index contributed by atoms with van der Waals surface area (Å²) in [4.78, 5) is 17.7. The Morgan fingerprint density at radius 3 is 2.85 bits per heavy atom. The molecule has 0 radical (unpaired) electrons. The summed E-state index contributed by atoms with van der Waals surface area (Å²) in [5.74, 6) is 0.0207. The standard InChI is InChI=1S/C15H15ClN2OS/c16-11-7-4-10(5-8-11)6-9-14(19)18-15-17-12-2-1-3-13(12)20-15/h4-5,7-8H,1-3,6,9H2,(H,17,18,19). The first-order valence-corrected chi connectivity index (χ1v) is 7.93. The molecule has 1 aromatic carbocycles. The number of amides is 1. The van der Waals surface area contributed by atoms with Gasteiger partial charge in [0.1, 0.15) is 0 Å². The SMILES string of the molecule is O=C(CCc1ccc(Cl)cc1)Nc1nc2c(s1)CCC2. The smallest absolute Gasteiger partial charge is 0.226 e. The van der Waals surface area contributed by atoms with Crippen LogP contribution in [0, 0.1) is 0 Å². The minimum atomic E-state index is 0.0207. The monoisotopic (exact) mass is 306 g/mol. The molecule has 1 aliphatic carbocycles. The van der Waals surface area contributed by atoms with Crippen LogP contribution in [0.3, 0.4) is 0 Å². The number of hydrogen-bond acceptors (Lipinski definition) is 3. The predicted molar refractivity (Wildman–Crippen MR) is 82.5 cm³/mol. The third kappa shape index (κ3) is 3.19. The summed E-state index contributed by atoms with van der Waals surface area (Å²) in [5, 5.41) is 4.36. The fourth-order valence-electron chi connectivity index (χ4n) is 2.33. The average molecular weight is 307 g/mol. The van der Waals surface area contributed by atoms with Crippen LogP contribution < -0.4 is 5.32 Å². The van der Waals surface area contributed by atoms with E-state index in [4.69, 9.17) is 11.6 Å². The van der Waals surface area contributed by atoms with Crippen LogP contribution in [-0.4, -0.2) is 10.9 Å². The van der Waals surface area contributed by atoms with Gasteiger partial charge in [0.15, 0.2) is 5.13 Å². The van der Waals surface area contributed by atoms with Gasteiger partial charge in [-0.25, -0.2) is 4.98 Å². The highest BCUT2D eigenvalue weighted by Gasteiger charge is 2.17. The molecule has 0 atom stereocenters. The highest BCUT2D eigenvalue weighted by molar-refractivity contribution is 7.15. The topological polar surface area (TPSA) is 42.0 Å². The van der Waals surface area contributed by atoms with Crippen molar-refractivity contribution in [1.82, 2.24) is 4.98 Å². The zero-order valence-corrected chi connectivity index (χ0v) is 12.6. The lowest BCUT2D eigenvalue weighted by Gasteiger charge is -2.02. The number of aromatic nitrogens is 1. The van der Waals surface area contributed by atoms with Crippen LogP contribution in [0.4, 0.5) is 5.13 Å². The Labute approximate surface area is 127 Å². The van der Waals surface area contributed by atoms with Crippen molar-refractivity contribution in [2.75, 3.05) is 5.32 Å². The summed E-state index contributed by atoms with van der Waals surface area (Å²) >= 11 is 7.45. The van der Waals surface area contributed by atoms with Crippen LogP contribution in [0.1, 0.15) is 29.0 Å². The first-order chi connectivity index (χ1) is 9.70. The van der Waals surface area contributed by atoms with E-state index < -0.39 is 0 Å². The van der Waals surface area contributed by atoms with Gasteiger partial charge in [-0.15, -0.1) is 11.3 Å². The summed E-state index contributed by atoms with van der Waals surface area (Å²) in [7, 11) is 0. The summed E-state index contributed by atoms with van der Waals surface area (Å²) < 4.78 is 0. The van der Waals surface area contributed by atoms with Gasteiger partial charge < -0.3 is 5.32 Å². The van der Waals surface area contributed by atoms with Gasteiger partial charge in [0.25, 0.3) is 0 Å². The molecule has 0 unspecified atom stereocenters. The number of carbonyl (C=O) groups excluding carboxylic acids is 1. The molecule has 1 amide bonds. The van der Waals surface area contributed by atoms with Crippen LogP contribution in [0.2, 0.25) is 5.02 Å². The van der Waals surface area contributed by atoms with Crippen molar-refractivity contribution in [1.29, 1.82) is 0 Å². The molecule has 1 heterocycles. The maximum atomic E-state index is 11.9. The van der Waals surface area contributed by atoms with Crippen LogP contribution in [-0.2, 0) is 24.1 Å². The van der Waals surface area contributed by atoms with Crippen molar-refractivity contribution in [2.24, 2.45) is 0 Å². The fourth-order valence-corrected chi connectivity index (χ4v) is 3.53. The number of hydrogen-bond donors (Lipinski definition) is 1. The van der Waals surface area contributed by atoms with E-state index in [1.54, 1.807) is 11.3 Å². The quantitative estimate of drug-likeness (QED) is 0.932. The molecular weight excluding hydrogens is 292 g/mol. The van der Waals surface area contributed by atoms with Crippen molar-refractivity contribution in [2.45, 2.75) is 32.1 Å². The third-order valence-electron chi connectivity index (χ3n) is 3.40. The lowest BCUT2D eigenvalue weighted by atomic mass is 10.1. The van der Waals surface area contributed by atoms with Crippen molar-refractivity contribution in [3.05, 3.63) is 45.4 Å². The molecule has 1 aliphatic rings. The van der Waals surface area contributed by atoms with Crippen molar-refractivity contribution in [3.8, 4) is 0 Å². The summed E-state index contributed by atoms with van der Waals surface area (Å²) in [6.07, 6.45) is 4.53. The van der Waals surface area contributed by atoms with Gasteiger partial charge in [0, 0.05) is 16.3 Å². The molecule has 0 saturated carbocycles. The second kappa shape index (κ2) is 5.94. The number of nitrogens with one attached hydrogen (secondary N) is 1. The largest absolute Gasteiger partial charge is 0.302 e. The molecule has 104 valence electrons. The number of carbonyl (C=O) groups is 1. The lowest BCUT2D eigenvalue weighted by molar-refractivity contribution is -0.116. The third-order valence-corrected chi connectivity index (χ3v) is 4.72. The zero-order valence-electron chi connectivity index (χ0n) is 11.0. The van der Waals surface area contributed by atoms with Crippen LogP contribution in [0.25, 0.3) is 0 Å². The van der Waals surface area contributed by atoms with E-state index in [-0.39, 0.29) is 5.91 Å². The summed E-state index contributed by atoms with van der Waals surface area (Å²) in [6, 6.07) is 7.60. The van der Waals surface area contributed by atoms with Crippen molar-refractivity contribution in [3.63, 3.8) is 0 Å². The van der Waals surface area contributed by atoms with E-state index in [1.807, 2.05) is 24.3 Å². The molecule has 1 N–H and O–H groups in total. The van der Waals surface area contributed by atoms with E-state index in [0.717, 1.165) is 28.6 Å². The highest BCUT2D eigenvalue weighted by Crippen LogP contribution is 2.30. The Kier molecular flexibility index (Phi) is 4.03. The number of rotatable bonds is 4.